The molecule has 1 fully saturated rings. The van der Waals surface area contributed by atoms with Crippen molar-refractivity contribution in [2.24, 2.45) is 0 Å². The number of morpholine rings is 1. The first-order chi connectivity index (χ1) is 9.08. The van der Waals surface area contributed by atoms with E-state index in [1.165, 1.54) is 4.90 Å². The highest BCUT2D eigenvalue weighted by Gasteiger charge is 2.32. The normalized spacial score (nSPS) is 19.2. The third-order valence-electron chi connectivity index (χ3n) is 3.17. The van der Waals surface area contributed by atoms with E-state index in [-0.39, 0.29) is 18.9 Å². The van der Waals surface area contributed by atoms with E-state index in [4.69, 9.17) is 9.84 Å². The van der Waals surface area contributed by atoms with Gasteiger partial charge in [0, 0.05) is 6.54 Å². The minimum absolute atomic E-state index is 0.0644. The van der Waals surface area contributed by atoms with Gasteiger partial charge in [0.2, 0.25) is 5.91 Å². The van der Waals surface area contributed by atoms with E-state index in [2.05, 4.69) is 0 Å². The molecule has 0 saturated carbocycles. The summed E-state index contributed by atoms with van der Waals surface area (Å²) in [4.78, 5) is 24.7. The average molecular weight is 263 g/mol. The lowest BCUT2D eigenvalue weighted by Crippen LogP contribution is -2.53. The van der Waals surface area contributed by atoms with Crippen molar-refractivity contribution in [3.8, 4) is 0 Å². The van der Waals surface area contributed by atoms with Gasteiger partial charge < -0.3 is 14.7 Å². The third kappa shape index (κ3) is 3.32. The van der Waals surface area contributed by atoms with Crippen molar-refractivity contribution in [3.05, 3.63) is 35.4 Å². The number of hydrogen-bond acceptors (Lipinski definition) is 3. The molecule has 1 atom stereocenters. The van der Waals surface area contributed by atoms with Crippen molar-refractivity contribution in [1.82, 2.24) is 4.90 Å². The molecular weight excluding hydrogens is 246 g/mol. The SMILES string of the molecule is Cc1cccc(CC(=O)N2CCOCC2C(=O)O)c1. The molecule has 1 amide bonds. The number of ether oxygens (including phenoxy) is 1. The second-order valence-electron chi connectivity index (χ2n) is 4.68. The Balaban J connectivity index is 2.07. The maximum atomic E-state index is 12.2. The van der Waals surface area contributed by atoms with Crippen LogP contribution in [-0.4, -0.2) is 47.7 Å². The lowest BCUT2D eigenvalue weighted by molar-refractivity contribution is -0.158. The molecule has 1 N–H and O–H groups in total. The second-order valence-corrected chi connectivity index (χ2v) is 4.68. The Labute approximate surface area is 111 Å². The molecule has 19 heavy (non-hydrogen) atoms. The Hall–Kier alpha value is -1.88. The van der Waals surface area contributed by atoms with Crippen molar-refractivity contribution >= 4 is 11.9 Å². The number of carboxylic acids is 1. The van der Waals surface area contributed by atoms with Crippen molar-refractivity contribution < 1.29 is 19.4 Å². The van der Waals surface area contributed by atoms with E-state index in [9.17, 15) is 9.59 Å². The molecule has 1 unspecified atom stereocenters. The molecule has 1 aliphatic rings. The second kappa shape index (κ2) is 5.84. The van der Waals surface area contributed by atoms with Gasteiger partial charge in [-0.1, -0.05) is 29.8 Å². The number of nitrogens with zero attached hydrogens (tertiary/aromatic N) is 1. The molecule has 1 heterocycles. The quantitative estimate of drug-likeness (QED) is 0.878. The largest absolute Gasteiger partial charge is 0.480 e. The molecule has 1 aromatic carbocycles. The summed E-state index contributed by atoms with van der Waals surface area (Å²) in [6.07, 6.45) is 0.228. The number of benzene rings is 1. The van der Waals surface area contributed by atoms with E-state index >= 15 is 0 Å². The standard InChI is InChI=1S/C14H17NO4/c1-10-3-2-4-11(7-10)8-13(16)15-5-6-19-9-12(15)14(17)18/h2-4,7,12H,5-6,8-9H2,1H3,(H,17,18). The van der Waals surface area contributed by atoms with Gasteiger partial charge in [0.15, 0.2) is 6.04 Å². The number of aliphatic carboxylic acids is 1. The van der Waals surface area contributed by atoms with E-state index in [1.807, 2.05) is 31.2 Å². The number of hydrogen-bond donors (Lipinski definition) is 1. The van der Waals surface area contributed by atoms with Crippen molar-refractivity contribution in [3.63, 3.8) is 0 Å². The van der Waals surface area contributed by atoms with Crippen LogP contribution in [0.4, 0.5) is 0 Å². The Kier molecular flexibility index (Phi) is 4.16. The van der Waals surface area contributed by atoms with Crippen molar-refractivity contribution in [2.45, 2.75) is 19.4 Å². The molecule has 0 radical (unpaired) electrons. The summed E-state index contributed by atoms with van der Waals surface area (Å²) >= 11 is 0. The highest BCUT2D eigenvalue weighted by atomic mass is 16.5. The van der Waals surface area contributed by atoms with Crippen LogP contribution in [-0.2, 0) is 20.7 Å². The predicted octanol–water partition coefficient (Wildman–Crippen LogP) is 0.850. The Morgan fingerprint density at radius 2 is 2.26 bits per heavy atom. The van der Waals surface area contributed by atoms with Gasteiger partial charge in [-0.3, -0.25) is 4.79 Å². The maximum absolute atomic E-state index is 12.2. The van der Waals surface area contributed by atoms with E-state index in [0.717, 1.165) is 11.1 Å². The molecule has 2 rings (SSSR count). The first-order valence-corrected chi connectivity index (χ1v) is 6.23. The molecule has 0 aromatic heterocycles. The van der Waals surface area contributed by atoms with Gasteiger partial charge >= 0.3 is 5.97 Å². The zero-order valence-electron chi connectivity index (χ0n) is 10.8. The number of carbonyl (C=O) groups is 2. The predicted molar refractivity (Wildman–Crippen MR) is 68.8 cm³/mol. The van der Waals surface area contributed by atoms with Crippen LogP contribution >= 0.6 is 0 Å². The Bertz CT molecular complexity index is 486. The summed E-state index contributed by atoms with van der Waals surface area (Å²) in [5.41, 5.74) is 1.99. The molecule has 5 heteroatoms. The monoisotopic (exact) mass is 263 g/mol. The first kappa shape index (κ1) is 13.5. The third-order valence-corrected chi connectivity index (χ3v) is 3.17. The first-order valence-electron chi connectivity index (χ1n) is 6.23. The number of rotatable bonds is 3. The number of amides is 1. The fourth-order valence-corrected chi connectivity index (χ4v) is 2.21. The van der Waals surface area contributed by atoms with Gasteiger partial charge in [-0.25, -0.2) is 4.79 Å². The summed E-state index contributed by atoms with van der Waals surface area (Å²) in [5.74, 6) is -1.18. The fourth-order valence-electron chi connectivity index (χ4n) is 2.21. The van der Waals surface area contributed by atoms with Crippen LogP contribution in [0.5, 0.6) is 0 Å². The van der Waals surface area contributed by atoms with Gasteiger partial charge in [0.1, 0.15) is 0 Å². The maximum Gasteiger partial charge on any atom is 0.328 e. The Morgan fingerprint density at radius 3 is 2.95 bits per heavy atom. The summed E-state index contributed by atoms with van der Waals surface area (Å²) in [5, 5.41) is 9.09. The fraction of sp³-hybridized carbons (Fsp3) is 0.429. The van der Waals surface area contributed by atoms with E-state index in [1.54, 1.807) is 0 Å². The Morgan fingerprint density at radius 1 is 1.47 bits per heavy atom. The zero-order valence-corrected chi connectivity index (χ0v) is 10.8. The minimum Gasteiger partial charge on any atom is -0.480 e. The topological polar surface area (TPSA) is 66.8 Å². The zero-order chi connectivity index (χ0) is 13.8. The van der Waals surface area contributed by atoms with Crippen LogP contribution < -0.4 is 0 Å². The van der Waals surface area contributed by atoms with Gasteiger partial charge in [-0.15, -0.1) is 0 Å². The van der Waals surface area contributed by atoms with E-state index < -0.39 is 12.0 Å². The smallest absolute Gasteiger partial charge is 0.328 e. The lowest BCUT2D eigenvalue weighted by atomic mass is 10.1. The average Bonchev–Trinajstić information content (AvgIpc) is 2.38. The number of carbonyl (C=O) groups excluding carboxylic acids is 1. The molecule has 0 bridgehead atoms. The van der Waals surface area contributed by atoms with Crippen molar-refractivity contribution in [1.29, 1.82) is 0 Å². The molecule has 102 valence electrons. The van der Waals surface area contributed by atoms with Gasteiger partial charge in [0.25, 0.3) is 0 Å². The van der Waals surface area contributed by atoms with Crippen LogP contribution in [0, 0.1) is 6.92 Å². The van der Waals surface area contributed by atoms with E-state index in [0.29, 0.717) is 13.2 Å². The van der Waals surface area contributed by atoms with Gasteiger partial charge in [-0.05, 0) is 12.5 Å². The summed E-state index contributed by atoms with van der Waals surface area (Å²) < 4.78 is 5.12. The van der Waals surface area contributed by atoms with Crippen LogP contribution in [0.2, 0.25) is 0 Å². The molecular formula is C14H17NO4. The molecule has 1 saturated heterocycles. The van der Waals surface area contributed by atoms with Crippen LogP contribution in [0.1, 0.15) is 11.1 Å². The number of carboxylic acid groups (broad SMARTS) is 1. The molecule has 0 spiro atoms. The van der Waals surface area contributed by atoms with Crippen LogP contribution in [0.15, 0.2) is 24.3 Å². The summed E-state index contributed by atoms with van der Waals surface area (Å²) in [6, 6.07) is 6.80. The summed E-state index contributed by atoms with van der Waals surface area (Å²) in [6.45, 7) is 2.75. The molecule has 5 nitrogen and oxygen atoms in total. The summed E-state index contributed by atoms with van der Waals surface area (Å²) in [7, 11) is 0. The number of aryl methyl sites for hydroxylation is 1. The molecule has 1 aromatic rings. The van der Waals surface area contributed by atoms with Gasteiger partial charge in [-0.2, -0.15) is 0 Å². The molecule has 1 aliphatic heterocycles. The van der Waals surface area contributed by atoms with Crippen LogP contribution in [0.25, 0.3) is 0 Å². The minimum atomic E-state index is -1.02. The highest BCUT2D eigenvalue weighted by Crippen LogP contribution is 2.12. The highest BCUT2D eigenvalue weighted by molar-refractivity contribution is 5.85. The van der Waals surface area contributed by atoms with Crippen LogP contribution in [0.3, 0.4) is 0 Å². The van der Waals surface area contributed by atoms with Crippen molar-refractivity contribution in [2.75, 3.05) is 19.8 Å². The molecule has 0 aliphatic carbocycles. The van der Waals surface area contributed by atoms with Gasteiger partial charge in [0.05, 0.1) is 19.6 Å². The lowest BCUT2D eigenvalue weighted by Gasteiger charge is -2.33.